The monoisotopic (exact) mass is 315 g/mol. The Balaban J connectivity index is 1.58. The number of amides is 1. The molecule has 1 aliphatic heterocycles. The summed E-state index contributed by atoms with van der Waals surface area (Å²) in [6.07, 6.45) is 9.24. The lowest BCUT2D eigenvalue weighted by Crippen LogP contribution is -2.39. The number of nitrogens with zero attached hydrogens (tertiary/aromatic N) is 4. The maximum absolute atomic E-state index is 12.6. The van der Waals surface area contributed by atoms with Crippen molar-refractivity contribution in [3.63, 3.8) is 0 Å². The van der Waals surface area contributed by atoms with Gasteiger partial charge in [0.05, 0.1) is 6.20 Å². The Labute approximate surface area is 136 Å². The third-order valence-corrected chi connectivity index (χ3v) is 4.73. The Morgan fingerprint density at radius 2 is 2.35 bits per heavy atom. The number of piperidine rings is 1. The highest BCUT2D eigenvalue weighted by Gasteiger charge is 2.26. The van der Waals surface area contributed by atoms with Gasteiger partial charge in [0, 0.05) is 56.5 Å². The molecule has 1 atom stereocenters. The average Bonchev–Trinajstić information content (AvgIpc) is 3.21. The molecule has 3 heterocycles. The van der Waals surface area contributed by atoms with Gasteiger partial charge in [0.25, 0.3) is 0 Å². The number of hydrogen-bond acceptors (Lipinski definition) is 3. The zero-order valence-corrected chi connectivity index (χ0v) is 14.0. The van der Waals surface area contributed by atoms with E-state index >= 15 is 0 Å². The maximum Gasteiger partial charge on any atom is 0.224 e. The van der Waals surface area contributed by atoms with Crippen LogP contribution in [0.15, 0.2) is 18.6 Å². The Hall–Kier alpha value is -2.11. The molecule has 3 rings (SSSR count). The number of H-pyrrole nitrogens is 1. The normalized spacial score (nSPS) is 18.3. The number of carbonyl (C=O) groups is 1. The number of carbonyl (C=O) groups excluding carboxylic acids is 1. The Kier molecular flexibility index (Phi) is 4.79. The Morgan fingerprint density at radius 3 is 3.09 bits per heavy atom. The van der Waals surface area contributed by atoms with Gasteiger partial charge in [-0.1, -0.05) is 6.92 Å². The predicted octanol–water partition coefficient (Wildman–Crippen LogP) is 2.27. The molecule has 2 aromatic heterocycles. The van der Waals surface area contributed by atoms with Crippen LogP contribution in [0.4, 0.5) is 0 Å². The highest BCUT2D eigenvalue weighted by Crippen LogP contribution is 2.27. The molecule has 0 aromatic carbocycles. The van der Waals surface area contributed by atoms with Crippen LogP contribution in [-0.4, -0.2) is 43.6 Å². The molecule has 6 heteroatoms. The number of rotatable bonds is 5. The Morgan fingerprint density at radius 1 is 1.48 bits per heavy atom. The second-order valence-electron chi connectivity index (χ2n) is 6.29. The number of likely N-dealkylation sites (tertiary alicyclic amines) is 1. The molecule has 1 N–H and O–H groups in total. The van der Waals surface area contributed by atoms with Gasteiger partial charge < -0.3 is 9.47 Å². The van der Waals surface area contributed by atoms with E-state index in [0.29, 0.717) is 18.9 Å². The van der Waals surface area contributed by atoms with Gasteiger partial charge in [0.15, 0.2) is 0 Å². The molecule has 2 aromatic rings. The first-order valence-corrected chi connectivity index (χ1v) is 8.46. The lowest BCUT2D eigenvalue weighted by atomic mass is 9.93. The van der Waals surface area contributed by atoms with Crippen LogP contribution in [0.1, 0.15) is 49.2 Å². The lowest BCUT2D eigenvalue weighted by molar-refractivity contribution is -0.132. The van der Waals surface area contributed by atoms with Crippen molar-refractivity contribution in [1.82, 2.24) is 24.6 Å². The van der Waals surface area contributed by atoms with E-state index in [4.69, 9.17) is 0 Å². The number of aromatic nitrogens is 4. The van der Waals surface area contributed by atoms with Gasteiger partial charge in [-0.3, -0.25) is 9.89 Å². The van der Waals surface area contributed by atoms with E-state index in [9.17, 15) is 4.79 Å². The van der Waals surface area contributed by atoms with Crippen LogP contribution in [-0.2, 0) is 17.8 Å². The molecule has 1 saturated heterocycles. The van der Waals surface area contributed by atoms with Crippen molar-refractivity contribution in [2.75, 3.05) is 13.1 Å². The topological polar surface area (TPSA) is 66.8 Å². The SMILES string of the molecule is CCc1nccn1CCC(=O)N1CCCC(c2[nH]ncc2C)C1. The van der Waals surface area contributed by atoms with Gasteiger partial charge in [-0.25, -0.2) is 4.98 Å². The molecule has 0 bridgehead atoms. The molecule has 23 heavy (non-hydrogen) atoms. The smallest absolute Gasteiger partial charge is 0.224 e. The van der Waals surface area contributed by atoms with Crippen LogP contribution in [0.3, 0.4) is 0 Å². The average molecular weight is 315 g/mol. The summed E-state index contributed by atoms with van der Waals surface area (Å²) >= 11 is 0. The highest BCUT2D eigenvalue weighted by molar-refractivity contribution is 5.76. The minimum absolute atomic E-state index is 0.239. The van der Waals surface area contributed by atoms with Crippen LogP contribution < -0.4 is 0 Å². The van der Waals surface area contributed by atoms with E-state index in [1.807, 2.05) is 17.3 Å². The molecule has 124 valence electrons. The molecule has 1 unspecified atom stereocenters. The van der Waals surface area contributed by atoms with Gasteiger partial charge in [-0.15, -0.1) is 0 Å². The first-order chi connectivity index (χ1) is 11.2. The summed E-state index contributed by atoms with van der Waals surface area (Å²) in [6.45, 7) is 6.54. The maximum atomic E-state index is 12.6. The number of aryl methyl sites for hydroxylation is 3. The summed E-state index contributed by atoms with van der Waals surface area (Å²) in [7, 11) is 0. The fourth-order valence-electron chi connectivity index (χ4n) is 3.44. The second-order valence-corrected chi connectivity index (χ2v) is 6.29. The van der Waals surface area contributed by atoms with Crippen LogP contribution in [0, 0.1) is 6.92 Å². The Bertz CT molecular complexity index is 659. The predicted molar refractivity (Wildman–Crippen MR) is 88.1 cm³/mol. The van der Waals surface area contributed by atoms with Crippen LogP contribution in [0.2, 0.25) is 0 Å². The third-order valence-electron chi connectivity index (χ3n) is 4.73. The summed E-state index contributed by atoms with van der Waals surface area (Å²) in [5.41, 5.74) is 2.38. The van der Waals surface area contributed by atoms with Crippen molar-refractivity contribution in [3.8, 4) is 0 Å². The molecule has 6 nitrogen and oxygen atoms in total. The number of aromatic amines is 1. The molecular weight excluding hydrogens is 290 g/mol. The van der Waals surface area contributed by atoms with Crippen molar-refractivity contribution in [2.45, 2.75) is 52.0 Å². The van der Waals surface area contributed by atoms with Gasteiger partial charge in [0.1, 0.15) is 5.82 Å². The number of nitrogens with one attached hydrogen (secondary N) is 1. The molecule has 1 aliphatic rings. The van der Waals surface area contributed by atoms with E-state index in [-0.39, 0.29) is 5.91 Å². The van der Waals surface area contributed by atoms with E-state index in [1.165, 1.54) is 11.3 Å². The standard InChI is InChI=1S/C17H25N5O/c1-3-15-18-7-10-21(15)9-6-16(23)22-8-4-5-14(12-22)17-13(2)11-19-20-17/h7,10-11,14H,3-6,8-9,12H2,1-2H3,(H,19,20). The molecule has 0 spiro atoms. The van der Waals surface area contributed by atoms with Crippen molar-refractivity contribution < 1.29 is 4.79 Å². The van der Waals surface area contributed by atoms with Gasteiger partial charge in [-0.2, -0.15) is 5.10 Å². The number of imidazole rings is 1. The van der Waals surface area contributed by atoms with Crippen LogP contribution >= 0.6 is 0 Å². The minimum atomic E-state index is 0.239. The molecule has 1 amide bonds. The summed E-state index contributed by atoms with van der Waals surface area (Å²) in [5.74, 6) is 1.67. The highest BCUT2D eigenvalue weighted by atomic mass is 16.2. The third kappa shape index (κ3) is 3.46. The fraction of sp³-hybridized carbons (Fsp3) is 0.588. The fourth-order valence-corrected chi connectivity index (χ4v) is 3.44. The van der Waals surface area contributed by atoms with Crippen LogP contribution in [0.5, 0.6) is 0 Å². The number of hydrogen-bond donors (Lipinski definition) is 1. The molecule has 0 saturated carbocycles. The van der Waals surface area contributed by atoms with Crippen LogP contribution in [0.25, 0.3) is 0 Å². The molecule has 1 fully saturated rings. The largest absolute Gasteiger partial charge is 0.342 e. The van der Waals surface area contributed by atoms with Gasteiger partial charge in [-0.05, 0) is 25.3 Å². The second kappa shape index (κ2) is 6.98. The quantitative estimate of drug-likeness (QED) is 0.920. The summed E-state index contributed by atoms with van der Waals surface area (Å²) in [4.78, 5) is 18.9. The summed E-state index contributed by atoms with van der Waals surface area (Å²) < 4.78 is 2.08. The van der Waals surface area contributed by atoms with E-state index in [1.54, 1.807) is 6.20 Å². The molecular formula is C17H25N5O. The lowest BCUT2D eigenvalue weighted by Gasteiger charge is -2.32. The van der Waals surface area contributed by atoms with E-state index in [2.05, 4.69) is 33.6 Å². The molecule has 0 radical (unpaired) electrons. The minimum Gasteiger partial charge on any atom is -0.342 e. The summed E-state index contributed by atoms with van der Waals surface area (Å²) in [6, 6.07) is 0. The zero-order chi connectivity index (χ0) is 16.2. The first-order valence-electron chi connectivity index (χ1n) is 8.46. The molecule has 0 aliphatic carbocycles. The van der Waals surface area contributed by atoms with E-state index < -0.39 is 0 Å². The summed E-state index contributed by atoms with van der Waals surface area (Å²) in [5, 5.41) is 7.22. The van der Waals surface area contributed by atoms with Gasteiger partial charge in [0.2, 0.25) is 5.91 Å². The first kappa shape index (κ1) is 15.8. The van der Waals surface area contributed by atoms with Crippen molar-refractivity contribution in [2.24, 2.45) is 0 Å². The van der Waals surface area contributed by atoms with Crippen molar-refractivity contribution in [1.29, 1.82) is 0 Å². The van der Waals surface area contributed by atoms with Crippen molar-refractivity contribution in [3.05, 3.63) is 35.7 Å². The van der Waals surface area contributed by atoms with Crippen molar-refractivity contribution >= 4 is 5.91 Å². The van der Waals surface area contributed by atoms with Gasteiger partial charge >= 0.3 is 0 Å². The van der Waals surface area contributed by atoms with E-state index in [0.717, 1.165) is 38.2 Å². The zero-order valence-electron chi connectivity index (χ0n) is 14.0.